The van der Waals surface area contributed by atoms with Gasteiger partial charge >= 0.3 is 0 Å². The van der Waals surface area contributed by atoms with Gasteiger partial charge in [0.15, 0.2) is 0 Å². The molecular formula is C15H34. The third kappa shape index (κ3) is 7.88. The molecule has 0 amide bonds. The second-order valence-electron chi connectivity index (χ2n) is 6.62. The molecule has 0 aliphatic carbocycles. The molecule has 0 aromatic heterocycles. The van der Waals surface area contributed by atoms with Crippen LogP contribution in [0.3, 0.4) is 0 Å². The predicted molar refractivity (Wildman–Crippen MR) is 73.3 cm³/mol. The van der Waals surface area contributed by atoms with Crippen molar-refractivity contribution in [1.82, 2.24) is 0 Å². The van der Waals surface area contributed by atoms with Gasteiger partial charge in [-0.3, -0.25) is 0 Å². The van der Waals surface area contributed by atoms with Crippen LogP contribution in [0.2, 0.25) is 0 Å². The summed E-state index contributed by atoms with van der Waals surface area (Å²) in [5, 5.41) is 0. The summed E-state index contributed by atoms with van der Waals surface area (Å²) in [6.07, 6.45) is 5.37. The van der Waals surface area contributed by atoms with Crippen LogP contribution in [-0.2, 0) is 0 Å². The molecule has 0 saturated heterocycles. The van der Waals surface area contributed by atoms with Crippen molar-refractivity contribution in [2.24, 2.45) is 16.7 Å². The average molecular weight is 214 g/mol. The highest BCUT2D eigenvalue weighted by Gasteiger charge is 2.29. The molecule has 0 heterocycles. The lowest BCUT2D eigenvalue weighted by Gasteiger charge is -2.37. The van der Waals surface area contributed by atoms with Gasteiger partial charge < -0.3 is 0 Å². The van der Waals surface area contributed by atoms with Crippen LogP contribution in [0.5, 0.6) is 0 Å². The van der Waals surface area contributed by atoms with Crippen LogP contribution in [0.4, 0.5) is 0 Å². The fourth-order valence-corrected chi connectivity index (χ4v) is 2.61. The minimum Gasteiger partial charge on any atom is -0.0776 e. The number of hydrogen-bond donors (Lipinski definition) is 0. The largest absolute Gasteiger partial charge is 0.0776 e. The fourth-order valence-electron chi connectivity index (χ4n) is 2.61. The van der Waals surface area contributed by atoms with E-state index in [9.17, 15) is 0 Å². The van der Waals surface area contributed by atoms with Crippen molar-refractivity contribution in [3.63, 3.8) is 0 Å². The molecule has 0 nitrogen and oxygen atoms in total. The van der Waals surface area contributed by atoms with Gasteiger partial charge in [0.05, 0.1) is 0 Å². The molecule has 0 radical (unpaired) electrons. The first-order chi connectivity index (χ1) is 6.22. The fraction of sp³-hybridized carbons (Fsp3) is 1.00. The molecule has 0 aliphatic rings. The van der Waals surface area contributed by atoms with Crippen LogP contribution in [0.25, 0.3) is 0 Å². The molecule has 0 fully saturated rings. The second-order valence-corrected chi connectivity index (χ2v) is 6.62. The van der Waals surface area contributed by atoms with Gasteiger partial charge in [-0.15, -0.1) is 0 Å². The molecular weight excluding hydrogens is 180 g/mol. The van der Waals surface area contributed by atoms with Gasteiger partial charge in [-0.1, -0.05) is 68.7 Å². The molecule has 0 aliphatic heterocycles. The first-order valence-corrected chi connectivity index (χ1v) is 6.22. The summed E-state index contributed by atoms with van der Waals surface area (Å²) in [7, 11) is 0. The number of rotatable bonds is 5. The van der Waals surface area contributed by atoms with E-state index in [0.717, 1.165) is 5.92 Å². The molecule has 94 valence electrons. The predicted octanol–water partition coefficient (Wildman–Crippen LogP) is 5.91. The Hall–Kier alpha value is 0. The minimum atomic E-state index is 0. The first-order valence-electron chi connectivity index (χ1n) is 6.22. The standard InChI is InChI=1S/C14H30.CH4/c1-8-12(3)10-14(7,9-2)11-13(4,5)6;/h12H,8-11H2,1-7H3;1H4. The van der Waals surface area contributed by atoms with E-state index in [1.54, 1.807) is 0 Å². The van der Waals surface area contributed by atoms with Crippen molar-refractivity contribution in [2.45, 2.75) is 81.6 Å². The Morgan fingerprint density at radius 3 is 1.73 bits per heavy atom. The molecule has 0 aromatic rings. The molecule has 2 unspecified atom stereocenters. The Balaban J connectivity index is 0. The van der Waals surface area contributed by atoms with E-state index in [1.165, 1.54) is 25.7 Å². The van der Waals surface area contributed by atoms with E-state index in [-0.39, 0.29) is 7.43 Å². The van der Waals surface area contributed by atoms with E-state index in [2.05, 4.69) is 48.5 Å². The Bertz CT molecular complexity index is 152. The van der Waals surface area contributed by atoms with Crippen LogP contribution in [0, 0.1) is 16.7 Å². The highest BCUT2D eigenvalue weighted by Crippen LogP contribution is 2.41. The summed E-state index contributed by atoms with van der Waals surface area (Å²) in [4.78, 5) is 0. The monoisotopic (exact) mass is 214 g/mol. The molecule has 15 heavy (non-hydrogen) atoms. The quantitative estimate of drug-likeness (QED) is 0.533. The Morgan fingerprint density at radius 1 is 1.00 bits per heavy atom. The Kier molecular flexibility index (Phi) is 7.60. The third-order valence-electron chi connectivity index (χ3n) is 3.35. The molecule has 0 saturated carbocycles. The molecule has 0 aromatic carbocycles. The topological polar surface area (TPSA) is 0 Å². The van der Waals surface area contributed by atoms with Crippen LogP contribution in [0.1, 0.15) is 81.6 Å². The molecule has 0 rings (SSSR count). The zero-order valence-electron chi connectivity index (χ0n) is 11.4. The SMILES string of the molecule is C.CCC(C)CC(C)(CC)CC(C)(C)C. The molecule has 0 bridgehead atoms. The maximum absolute atomic E-state index is 2.46. The minimum absolute atomic E-state index is 0. The van der Waals surface area contributed by atoms with Gasteiger partial charge in [0.2, 0.25) is 0 Å². The normalized spacial score (nSPS) is 17.8. The average Bonchev–Trinajstić information content (AvgIpc) is 2.00. The smallest absolute Gasteiger partial charge is 0.0321 e. The zero-order valence-corrected chi connectivity index (χ0v) is 11.4. The van der Waals surface area contributed by atoms with Crippen molar-refractivity contribution in [2.75, 3.05) is 0 Å². The highest BCUT2D eigenvalue weighted by molar-refractivity contribution is 4.80. The first kappa shape index (κ1) is 17.4. The lowest BCUT2D eigenvalue weighted by molar-refractivity contribution is 0.147. The van der Waals surface area contributed by atoms with Crippen molar-refractivity contribution in [3.05, 3.63) is 0 Å². The lowest BCUT2D eigenvalue weighted by Crippen LogP contribution is -2.25. The summed E-state index contributed by atoms with van der Waals surface area (Å²) < 4.78 is 0. The van der Waals surface area contributed by atoms with Crippen LogP contribution < -0.4 is 0 Å². The molecule has 0 N–H and O–H groups in total. The third-order valence-corrected chi connectivity index (χ3v) is 3.35. The van der Waals surface area contributed by atoms with Gasteiger partial charge in [0.1, 0.15) is 0 Å². The van der Waals surface area contributed by atoms with E-state index in [0.29, 0.717) is 10.8 Å². The van der Waals surface area contributed by atoms with Crippen LogP contribution >= 0.6 is 0 Å². The highest BCUT2D eigenvalue weighted by atomic mass is 14.3. The Morgan fingerprint density at radius 2 is 1.47 bits per heavy atom. The van der Waals surface area contributed by atoms with Gasteiger partial charge in [-0.25, -0.2) is 0 Å². The maximum Gasteiger partial charge on any atom is -0.0321 e. The van der Waals surface area contributed by atoms with Crippen molar-refractivity contribution in [1.29, 1.82) is 0 Å². The van der Waals surface area contributed by atoms with Crippen molar-refractivity contribution in [3.8, 4) is 0 Å². The summed E-state index contributed by atoms with van der Waals surface area (Å²) in [6, 6.07) is 0. The van der Waals surface area contributed by atoms with E-state index < -0.39 is 0 Å². The summed E-state index contributed by atoms with van der Waals surface area (Å²) >= 11 is 0. The van der Waals surface area contributed by atoms with Gasteiger partial charge in [-0.05, 0) is 29.6 Å². The van der Waals surface area contributed by atoms with Gasteiger partial charge in [0, 0.05) is 0 Å². The lowest BCUT2D eigenvalue weighted by atomic mass is 9.69. The second kappa shape index (κ2) is 6.55. The van der Waals surface area contributed by atoms with Crippen molar-refractivity contribution < 1.29 is 0 Å². The maximum atomic E-state index is 2.46. The molecule has 0 heteroatoms. The number of hydrogen-bond acceptors (Lipinski definition) is 0. The summed E-state index contributed by atoms with van der Waals surface area (Å²) in [5.74, 6) is 0.877. The van der Waals surface area contributed by atoms with Crippen LogP contribution in [-0.4, -0.2) is 0 Å². The Labute approximate surface area is 98.9 Å². The van der Waals surface area contributed by atoms with Gasteiger partial charge in [-0.2, -0.15) is 0 Å². The van der Waals surface area contributed by atoms with Gasteiger partial charge in [0.25, 0.3) is 0 Å². The van der Waals surface area contributed by atoms with Crippen molar-refractivity contribution >= 4 is 0 Å². The van der Waals surface area contributed by atoms with E-state index in [4.69, 9.17) is 0 Å². The van der Waals surface area contributed by atoms with E-state index in [1.807, 2.05) is 0 Å². The van der Waals surface area contributed by atoms with E-state index >= 15 is 0 Å². The zero-order chi connectivity index (χ0) is 11.4. The summed E-state index contributed by atoms with van der Waals surface area (Å²) in [5.41, 5.74) is 1.02. The van der Waals surface area contributed by atoms with Crippen LogP contribution in [0.15, 0.2) is 0 Å². The molecule has 2 atom stereocenters. The molecule has 0 spiro atoms. The summed E-state index contributed by atoms with van der Waals surface area (Å²) in [6.45, 7) is 16.6.